The molecular weight excluding hydrogens is 358 g/mol. The highest BCUT2D eigenvalue weighted by Gasteiger charge is 2.37. The van der Waals surface area contributed by atoms with E-state index in [9.17, 15) is 4.79 Å². The molecule has 2 atom stereocenters. The maximum atomic E-state index is 12.1. The Labute approximate surface area is 162 Å². The van der Waals surface area contributed by atoms with Crippen LogP contribution in [0.3, 0.4) is 0 Å². The lowest BCUT2D eigenvalue weighted by molar-refractivity contribution is 0.0379. The minimum Gasteiger partial charge on any atom is -0.364 e. The predicted octanol–water partition coefficient (Wildman–Crippen LogP) is 3.45. The van der Waals surface area contributed by atoms with Gasteiger partial charge in [0.15, 0.2) is 5.69 Å². The Morgan fingerprint density at radius 2 is 2.00 bits per heavy atom. The molecule has 2 aliphatic rings. The van der Waals surface area contributed by atoms with E-state index in [0.717, 1.165) is 34.3 Å². The Bertz CT molecular complexity index is 981. The smallest absolute Gasteiger partial charge is 0.269 e. The molecule has 2 fully saturated rings. The summed E-state index contributed by atoms with van der Waals surface area (Å²) in [6.07, 6.45) is 7.77. The average Bonchev–Trinajstić information content (AvgIpc) is 3.29. The number of nitrogens with zero attached hydrogens (tertiary/aromatic N) is 4. The molecule has 1 aromatic carbocycles. The summed E-state index contributed by atoms with van der Waals surface area (Å²) in [6, 6.07) is 7.67. The van der Waals surface area contributed by atoms with E-state index in [1.54, 1.807) is 17.5 Å². The molecule has 2 aromatic heterocycles. The van der Waals surface area contributed by atoms with Crippen molar-refractivity contribution in [3.63, 3.8) is 0 Å². The quantitative estimate of drug-likeness (QED) is 0.754. The van der Waals surface area contributed by atoms with Crippen molar-refractivity contribution in [1.82, 2.24) is 19.7 Å². The van der Waals surface area contributed by atoms with Crippen LogP contribution in [0.1, 0.15) is 48.6 Å². The third-order valence-corrected chi connectivity index (χ3v) is 7.10. The molecule has 0 aliphatic carbocycles. The van der Waals surface area contributed by atoms with E-state index in [-0.39, 0.29) is 0 Å². The van der Waals surface area contributed by atoms with Crippen LogP contribution in [0, 0.1) is 0 Å². The van der Waals surface area contributed by atoms with Crippen LogP contribution in [-0.4, -0.2) is 44.7 Å². The van der Waals surface area contributed by atoms with Crippen molar-refractivity contribution >= 4 is 28.1 Å². The van der Waals surface area contributed by atoms with Crippen LogP contribution in [-0.2, 0) is 0 Å². The summed E-state index contributed by atoms with van der Waals surface area (Å²) < 4.78 is 2.07. The molecule has 3 aromatic rings. The fraction of sp³-hybridized carbons (Fsp3) is 0.450. The number of rotatable bonds is 3. The topological polar surface area (TPSA) is 77.0 Å². The van der Waals surface area contributed by atoms with Gasteiger partial charge in [0.2, 0.25) is 0 Å². The lowest BCUT2D eigenvalue weighted by Crippen LogP contribution is -2.50. The zero-order valence-electron chi connectivity index (χ0n) is 15.3. The molecule has 0 radical (unpaired) electrons. The second-order valence-electron chi connectivity index (χ2n) is 7.76. The molecular formula is C20H23N5OS. The highest BCUT2D eigenvalue weighted by molar-refractivity contribution is 7.13. The summed E-state index contributed by atoms with van der Waals surface area (Å²) in [5.74, 6) is -0.469. The SMILES string of the molecule is CN1C2CCCC1CC(n1nc(C(N)=O)c3cc(-c4nccs4)ccc31)C2. The van der Waals surface area contributed by atoms with Crippen molar-refractivity contribution in [3.05, 3.63) is 35.5 Å². The number of hydrogen-bond donors (Lipinski definition) is 1. The summed E-state index contributed by atoms with van der Waals surface area (Å²) in [4.78, 5) is 19.0. The van der Waals surface area contributed by atoms with E-state index in [1.807, 2.05) is 11.4 Å². The first-order valence-electron chi connectivity index (χ1n) is 9.55. The predicted molar refractivity (Wildman–Crippen MR) is 107 cm³/mol. The van der Waals surface area contributed by atoms with E-state index in [4.69, 9.17) is 10.8 Å². The van der Waals surface area contributed by atoms with Gasteiger partial charge in [0, 0.05) is 34.6 Å². The molecule has 2 N–H and O–H groups in total. The van der Waals surface area contributed by atoms with E-state index < -0.39 is 5.91 Å². The molecule has 7 heteroatoms. The van der Waals surface area contributed by atoms with Gasteiger partial charge in [-0.2, -0.15) is 5.10 Å². The number of hydrogen-bond acceptors (Lipinski definition) is 5. The fourth-order valence-corrected chi connectivity index (χ4v) is 5.52. The molecule has 2 saturated heterocycles. The van der Waals surface area contributed by atoms with Crippen molar-refractivity contribution in [3.8, 4) is 10.6 Å². The number of benzene rings is 1. The van der Waals surface area contributed by atoms with Gasteiger partial charge in [0.25, 0.3) is 5.91 Å². The molecule has 5 rings (SSSR count). The maximum absolute atomic E-state index is 12.1. The Balaban J connectivity index is 1.60. The zero-order chi connectivity index (χ0) is 18.5. The molecule has 2 unspecified atom stereocenters. The van der Waals surface area contributed by atoms with E-state index in [1.165, 1.54) is 19.3 Å². The van der Waals surface area contributed by atoms with Gasteiger partial charge in [0.05, 0.1) is 11.6 Å². The standard InChI is InChI=1S/C20H23N5OS/c1-24-13-3-2-4-14(24)11-15(10-13)25-17-6-5-12(20-22-7-8-27-20)9-16(17)18(23-25)19(21)26/h5-9,13-15H,2-4,10-11H2,1H3,(H2,21,26). The Kier molecular flexibility index (Phi) is 4.02. The zero-order valence-corrected chi connectivity index (χ0v) is 16.2. The van der Waals surface area contributed by atoms with E-state index >= 15 is 0 Å². The molecule has 1 amide bonds. The second-order valence-corrected chi connectivity index (χ2v) is 8.65. The maximum Gasteiger partial charge on any atom is 0.269 e. The van der Waals surface area contributed by atoms with Crippen LogP contribution in [0.25, 0.3) is 21.5 Å². The van der Waals surface area contributed by atoms with Crippen LogP contribution >= 0.6 is 11.3 Å². The van der Waals surface area contributed by atoms with Gasteiger partial charge in [-0.3, -0.25) is 9.48 Å². The van der Waals surface area contributed by atoms with Crippen molar-refractivity contribution in [2.45, 2.75) is 50.2 Å². The van der Waals surface area contributed by atoms with Gasteiger partial charge in [-0.15, -0.1) is 11.3 Å². The Morgan fingerprint density at radius 1 is 1.22 bits per heavy atom. The van der Waals surface area contributed by atoms with Gasteiger partial charge in [0.1, 0.15) is 5.01 Å². The van der Waals surface area contributed by atoms with Gasteiger partial charge in [-0.25, -0.2) is 4.98 Å². The Morgan fingerprint density at radius 3 is 2.67 bits per heavy atom. The minimum absolute atomic E-state index is 0.317. The highest BCUT2D eigenvalue weighted by Crippen LogP contribution is 2.40. The van der Waals surface area contributed by atoms with Crippen LogP contribution < -0.4 is 5.73 Å². The number of primary amides is 1. The van der Waals surface area contributed by atoms with Gasteiger partial charge in [-0.1, -0.05) is 6.42 Å². The average molecular weight is 382 g/mol. The van der Waals surface area contributed by atoms with Crippen molar-refractivity contribution in [2.24, 2.45) is 5.73 Å². The van der Waals surface area contributed by atoms with Gasteiger partial charge >= 0.3 is 0 Å². The monoisotopic (exact) mass is 381 g/mol. The van der Waals surface area contributed by atoms with Crippen LogP contribution in [0.2, 0.25) is 0 Å². The van der Waals surface area contributed by atoms with Crippen LogP contribution in [0.4, 0.5) is 0 Å². The third kappa shape index (κ3) is 2.76. The molecule has 27 heavy (non-hydrogen) atoms. The number of thiazole rings is 1. The van der Waals surface area contributed by atoms with Crippen molar-refractivity contribution in [1.29, 1.82) is 0 Å². The second kappa shape index (κ2) is 6.42. The number of carbonyl (C=O) groups is 1. The summed E-state index contributed by atoms with van der Waals surface area (Å²) >= 11 is 1.59. The van der Waals surface area contributed by atoms with Crippen molar-refractivity contribution < 1.29 is 4.79 Å². The lowest BCUT2D eigenvalue weighted by Gasteiger charge is -2.47. The number of amides is 1. The van der Waals surface area contributed by atoms with Crippen LogP contribution in [0.5, 0.6) is 0 Å². The van der Waals surface area contributed by atoms with Gasteiger partial charge < -0.3 is 10.6 Å². The van der Waals surface area contributed by atoms with Gasteiger partial charge in [-0.05, 0) is 50.9 Å². The Hall–Kier alpha value is -2.25. The first-order valence-corrected chi connectivity index (χ1v) is 10.4. The molecule has 140 valence electrons. The number of fused-ring (bicyclic) bond motifs is 3. The molecule has 0 saturated carbocycles. The fourth-order valence-electron chi connectivity index (χ4n) is 4.89. The third-order valence-electron chi connectivity index (χ3n) is 6.28. The molecule has 2 bridgehead atoms. The summed E-state index contributed by atoms with van der Waals surface area (Å²) in [5, 5.41) is 8.42. The number of piperidine rings is 2. The summed E-state index contributed by atoms with van der Waals surface area (Å²) in [6.45, 7) is 0. The molecule has 2 aliphatic heterocycles. The van der Waals surface area contributed by atoms with E-state index in [0.29, 0.717) is 23.8 Å². The van der Waals surface area contributed by atoms with Crippen molar-refractivity contribution in [2.75, 3.05) is 7.05 Å². The largest absolute Gasteiger partial charge is 0.364 e. The molecule has 4 heterocycles. The highest BCUT2D eigenvalue weighted by atomic mass is 32.1. The summed E-state index contributed by atoms with van der Waals surface area (Å²) in [5.41, 5.74) is 8.03. The van der Waals surface area contributed by atoms with Crippen LogP contribution in [0.15, 0.2) is 29.8 Å². The van der Waals surface area contributed by atoms with E-state index in [2.05, 4.69) is 33.7 Å². The number of carbonyl (C=O) groups excluding carboxylic acids is 1. The molecule has 0 spiro atoms. The molecule has 6 nitrogen and oxygen atoms in total. The first-order chi connectivity index (χ1) is 13.1. The minimum atomic E-state index is -0.469. The summed E-state index contributed by atoms with van der Waals surface area (Å²) in [7, 11) is 2.25. The normalized spacial score (nSPS) is 25.7. The first kappa shape index (κ1) is 16.9. The number of nitrogens with two attached hydrogens (primary N) is 1. The number of aromatic nitrogens is 3. The lowest BCUT2D eigenvalue weighted by atomic mass is 9.82.